The van der Waals surface area contributed by atoms with Crippen LogP contribution in [0.1, 0.15) is 15.9 Å². The normalized spacial score (nSPS) is 10.5. The van der Waals surface area contributed by atoms with Crippen LogP contribution in [0.3, 0.4) is 0 Å². The standard InChI is InChI=1S/C23H17NOS/c25-22(18-12-6-2-7-13-18)21-20(17-10-4-1-5-11-17)16-26-23(21)24-19-14-8-3-9-15-19/h1-16,24H. The van der Waals surface area contributed by atoms with Gasteiger partial charge in [-0.1, -0.05) is 78.9 Å². The monoisotopic (exact) mass is 355 g/mol. The molecule has 0 radical (unpaired) electrons. The van der Waals surface area contributed by atoms with Gasteiger partial charge in [-0.2, -0.15) is 0 Å². The molecule has 0 amide bonds. The Morgan fingerprint density at radius 1 is 0.731 bits per heavy atom. The summed E-state index contributed by atoms with van der Waals surface area (Å²) < 4.78 is 0. The summed E-state index contributed by atoms with van der Waals surface area (Å²) in [6, 6.07) is 29.4. The maximum absolute atomic E-state index is 13.3. The number of benzene rings is 3. The molecule has 126 valence electrons. The van der Waals surface area contributed by atoms with Gasteiger partial charge in [0.05, 0.1) is 5.56 Å². The molecule has 1 heterocycles. The van der Waals surface area contributed by atoms with Crippen molar-refractivity contribution >= 4 is 27.8 Å². The summed E-state index contributed by atoms with van der Waals surface area (Å²) in [6.07, 6.45) is 0. The highest BCUT2D eigenvalue weighted by Crippen LogP contribution is 2.38. The molecule has 0 saturated heterocycles. The van der Waals surface area contributed by atoms with E-state index in [2.05, 4.69) is 10.7 Å². The van der Waals surface area contributed by atoms with Crippen molar-refractivity contribution < 1.29 is 4.79 Å². The fourth-order valence-electron chi connectivity index (χ4n) is 2.89. The second kappa shape index (κ2) is 7.38. The molecule has 0 aliphatic carbocycles. The first-order valence-corrected chi connectivity index (χ1v) is 9.29. The van der Waals surface area contributed by atoms with Crippen molar-refractivity contribution in [3.63, 3.8) is 0 Å². The van der Waals surface area contributed by atoms with Crippen LogP contribution in [0.2, 0.25) is 0 Å². The van der Waals surface area contributed by atoms with Crippen molar-refractivity contribution in [2.24, 2.45) is 0 Å². The van der Waals surface area contributed by atoms with Crippen LogP contribution in [-0.2, 0) is 0 Å². The third kappa shape index (κ3) is 3.30. The molecule has 0 fully saturated rings. The van der Waals surface area contributed by atoms with Gasteiger partial charge in [-0.15, -0.1) is 11.3 Å². The molecule has 0 bridgehead atoms. The van der Waals surface area contributed by atoms with E-state index in [9.17, 15) is 4.79 Å². The van der Waals surface area contributed by atoms with Crippen molar-refractivity contribution in [1.82, 2.24) is 0 Å². The molecule has 3 aromatic carbocycles. The van der Waals surface area contributed by atoms with Crippen molar-refractivity contribution in [3.05, 3.63) is 108 Å². The van der Waals surface area contributed by atoms with Crippen LogP contribution >= 0.6 is 11.3 Å². The molecule has 0 aliphatic heterocycles. The van der Waals surface area contributed by atoms with E-state index >= 15 is 0 Å². The van der Waals surface area contributed by atoms with Crippen LogP contribution in [0.4, 0.5) is 10.7 Å². The van der Waals surface area contributed by atoms with Gasteiger partial charge in [0.1, 0.15) is 5.00 Å². The molecule has 0 saturated carbocycles. The zero-order valence-electron chi connectivity index (χ0n) is 14.1. The van der Waals surface area contributed by atoms with Crippen LogP contribution < -0.4 is 5.32 Å². The van der Waals surface area contributed by atoms with E-state index in [-0.39, 0.29) is 5.78 Å². The van der Waals surface area contributed by atoms with Gasteiger partial charge in [-0.25, -0.2) is 0 Å². The van der Waals surface area contributed by atoms with Crippen molar-refractivity contribution in [2.45, 2.75) is 0 Å². The lowest BCUT2D eigenvalue weighted by Crippen LogP contribution is -2.04. The molecule has 0 unspecified atom stereocenters. The minimum atomic E-state index is 0.0316. The quantitative estimate of drug-likeness (QED) is 0.420. The van der Waals surface area contributed by atoms with Crippen LogP contribution in [0.5, 0.6) is 0 Å². The van der Waals surface area contributed by atoms with E-state index in [0.29, 0.717) is 5.56 Å². The molecule has 26 heavy (non-hydrogen) atoms. The summed E-state index contributed by atoms with van der Waals surface area (Å²) in [5.41, 5.74) is 4.39. The Bertz CT molecular complexity index is 1010. The largest absolute Gasteiger partial charge is 0.347 e. The summed E-state index contributed by atoms with van der Waals surface area (Å²) in [5.74, 6) is 0.0316. The van der Waals surface area contributed by atoms with Crippen molar-refractivity contribution in [2.75, 3.05) is 5.32 Å². The number of anilines is 2. The van der Waals surface area contributed by atoms with E-state index in [1.54, 1.807) is 11.3 Å². The molecule has 2 nitrogen and oxygen atoms in total. The summed E-state index contributed by atoms with van der Waals surface area (Å²) in [6.45, 7) is 0. The summed E-state index contributed by atoms with van der Waals surface area (Å²) in [7, 11) is 0. The van der Waals surface area contributed by atoms with Gasteiger partial charge in [-0.05, 0) is 17.7 Å². The zero-order chi connectivity index (χ0) is 17.8. The third-order valence-electron chi connectivity index (χ3n) is 4.17. The minimum absolute atomic E-state index is 0.0316. The number of nitrogens with one attached hydrogen (secondary N) is 1. The van der Waals surface area contributed by atoms with Crippen LogP contribution in [0.15, 0.2) is 96.4 Å². The molecular weight excluding hydrogens is 338 g/mol. The fraction of sp³-hybridized carbons (Fsp3) is 0. The van der Waals surface area contributed by atoms with Gasteiger partial charge in [0, 0.05) is 22.2 Å². The van der Waals surface area contributed by atoms with Gasteiger partial charge in [0.2, 0.25) is 0 Å². The lowest BCUT2D eigenvalue weighted by Gasteiger charge is -2.10. The first-order chi connectivity index (χ1) is 12.8. The fourth-order valence-corrected chi connectivity index (χ4v) is 3.88. The molecule has 3 heteroatoms. The number of hydrogen-bond acceptors (Lipinski definition) is 3. The second-order valence-corrected chi connectivity index (χ2v) is 6.79. The van der Waals surface area contributed by atoms with Crippen molar-refractivity contribution in [3.8, 4) is 11.1 Å². The summed E-state index contributed by atoms with van der Waals surface area (Å²) in [5, 5.41) is 6.33. The molecule has 0 aliphatic rings. The molecule has 1 N–H and O–H groups in total. The Hall–Kier alpha value is -3.17. The zero-order valence-corrected chi connectivity index (χ0v) is 14.9. The van der Waals surface area contributed by atoms with E-state index < -0.39 is 0 Å². The predicted molar refractivity (Wildman–Crippen MR) is 109 cm³/mol. The molecule has 4 rings (SSSR count). The average molecular weight is 355 g/mol. The average Bonchev–Trinajstić information content (AvgIpc) is 3.13. The lowest BCUT2D eigenvalue weighted by molar-refractivity contribution is 0.104. The van der Waals surface area contributed by atoms with Crippen LogP contribution in [-0.4, -0.2) is 5.78 Å². The lowest BCUT2D eigenvalue weighted by atomic mass is 9.97. The molecule has 0 atom stereocenters. The molecular formula is C23H17NOS. The highest BCUT2D eigenvalue weighted by Gasteiger charge is 2.21. The second-order valence-electron chi connectivity index (χ2n) is 5.91. The van der Waals surface area contributed by atoms with E-state index in [0.717, 1.165) is 27.4 Å². The maximum atomic E-state index is 13.3. The molecule has 1 aromatic heterocycles. The Kier molecular flexibility index (Phi) is 4.63. The Morgan fingerprint density at radius 3 is 1.96 bits per heavy atom. The van der Waals surface area contributed by atoms with Crippen LogP contribution in [0.25, 0.3) is 11.1 Å². The number of rotatable bonds is 5. The van der Waals surface area contributed by atoms with Crippen LogP contribution in [0, 0.1) is 0 Å². The van der Waals surface area contributed by atoms with Crippen molar-refractivity contribution in [1.29, 1.82) is 0 Å². The van der Waals surface area contributed by atoms with Gasteiger partial charge in [0.15, 0.2) is 5.78 Å². The predicted octanol–water partition coefficient (Wildman–Crippen LogP) is 6.39. The number of carbonyl (C=O) groups excluding carboxylic acids is 1. The maximum Gasteiger partial charge on any atom is 0.196 e. The smallest absolute Gasteiger partial charge is 0.196 e. The van der Waals surface area contributed by atoms with Gasteiger partial charge in [-0.3, -0.25) is 4.79 Å². The number of thiophene rings is 1. The van der Waals surface area contributed by atoms with E-state index in [1.807, 2.05) is 91.0 Å². The van der Waals surface area contributed by atoms with Gasteiger partial charge >= 0.3 is 0 Å². The number of para-hydroxylation sites is 1. The Labute approximate surface area is 156 Å². The molecule has 0 spiro atoms. The Morgan fingerprint density at radius 2 is 1.31 bits per heavy atom. The number of ketones is 1. The summed E-state index contributed by atoms with van der Waals surface area (Å²) >= 11 is 1.56. The Balaban J connectivity index is 1.82. The minimum Gasteiger partial charge on any atom is -0.347 e. The SMILES string of the molecule is O=C(c1ccccc1)c1c(-c2ccccc2)csc1Nc1ccccc1. The molecule has 4 aromatic rings. The van der Waals surface area contributed by atoms with Gasteiger partial charge in [0.25, 0.3) is 0 Å². The highest BCUT2D eigenvalue weighted by molar-refractivity contribution is 7.15. The topological polar surface area (TPSA) is 29.1 Å². The number of carbonyl (C=O) groups is 1. The summed E-state index contributed by atoms with van der Waals surface area (Å²) in [4.78, 5) is 13.3. The van der Waals surface area contributed by atoms with E-state index in [1.165, 1.54) is 0 Å². The highest BCUT2D eigenvalue weighted by atomic mass is 32.1. The third-order valence-corrected chi connectivity index (χ3v) is 5.07. The number of hydrogen-bond donors (Lipinski definition) is 1. The van der Waals surface area contributed by atoms with E-state index in [4.69, 9.17) is 0 Å². The van der Waals surface area contributed by atoms with Gasteiger partial charge < -0.3 is 5.32 Å². The first kappa shape index (κ1) is 16.3. The first-order valence-electron chi connectivity index (χ1n) is 8.41.